The average molecular weight is 300 g/mol. The maximum absolute atomic E-state index is 11.6. The smallest absolute Gasteiger partial charge is 0.223 e. The van der Waals surface area contributed by atoms with E-state index in [4.69, 9.17) is 0 Å². The van der Waals surface area contributed by atoms with Crippen molar-refractivity contribution in [3.8, 4) is 0 Å². The van der Waals surface area contributed by atoms with Crippen molar-refractivity contribution in [2.24, 2.45) is 0 Å². The molecule has 0 aliphatic rings. The number of hydrogen-bond acceptors (Lipinski definition) is 3. The Kier molecular flexibility index (Phi) is 5.52. The van der Waals surface area contributed by atoms with Crippen LogP contribution in [0.1, 0.15) is 25.0 Å². The second-order valence-electron chi connectivity index (χ2n) is 5.92. The highest BCUT2D eigenvalue weighted by atomic mass is 16.3. The number of fused-ring (bicyclic) bond motifs is 1. The quantitative estimate of drug-likeness (QED) is 0.861. The molecule has 0 aliphatic heterocycles. The topological polar surface area (TPSA) is 52.6 Å². The zero-order valence-corrected chi connectivity index (χ0v) is 13.4. The molecule has 2 atom stereocenters. The summed E-state index contributed by atoms with van der Waals surface area (Å²) in [6.45, 7) is 2.38. The maximum Gasteiger partial charge on any atom is 0.223 e. The second kappa shape index (κ2) is 7.38. The maximum atomic E-state index is 11.6. The summed E-state index contributed by atoms with van der Waals surface area (Å²) in [5.41, 5.74) is 0.886. The van der Waals surface area contributed by atoms with Gasteiger partial charge in [-0.15, -0.1) is 0 Å². The number of aliphatic hydroxyl groups is 1. The van der Waals surface area contributed by atoms with Crippen LogP contribution >= 0.6 is 0 Å². The van der Waals surface area contributed by atoms with Gasteiger partial charge in [-0.25, -0.2) is 0 Å². The zero-order valence-electron chi connectivity index (χ0n) is 13.4. The van der Waals surface area contributed by atoms with Crippen molar-refractivity contribution < 1.29 is 9.90 Å². The van der Waals surface area contributed by atoms with Crippen molar-refractivity contribution in [2.45, 2.75) is 25.5 Å². The minimum atomic E-state index is -0.582. The Morgan fingerprint density at radius 2 is 1.86 bits per heavy atom. The highest BCUT2D eigenvalue weighted by Gasteiger charge is 2.13. The van der Waals surface area contributed by atoms with Crippen LogP contribution in [0.2, 0.25) is 0 Å². The van der Waals surface area contributed by atoms with Crippen LogP contribution in [0.25, 0.3) is 10.8 Å². The predicted octanol–water partition coefficient (Wildman–Crippen LogP) is 2.33. The van der Waals surface area contributed by atoms with E-state index in [1.54, 1.807) is 19.0 Å². The summed E-state index contributed by atoms with van der Waals surface area (Å²) < 4.78 is 0. The van der Waals surface area contributed by atoms with E-state index in [2.05, 4.69) is 11.4 Å². The Bertz CT molecular complexity index is 640. The SMILES string of the molecule is CC(CC(=O)N(C)C)NCC(O)c1ccc2ccccc2c1. The van der Waals surface area contributed by atoms with Gasteiger partial charge < -0.3 is 15.3 Å². The van der Waals surface area contributed by atoms with Gasteiger partial charge in [0.1, 0.15) is 0 Å². The van der Waals surface area contributed by atoms with Crippen molar-refractivity contribution in [1.29, 1.82) is 0 Å². The van der Waals surface area contributed by atoms with Crippen LogP contribution in [-0.4, -0.2) is 42.6 Å². The minimum absolute atomic E-state index is 0.0324. The van der Waals surface area contributed by atoms with Crippen molar-refractivity contribution in [2.75, 3.05) is 20.6 Å². The van der Waals surface area contributed by atoms with Gasteiger partial charge in [0.15, 0.2) is 0 Å². The summed E-state index contributed by atoms with van der Waals surface area (Å²) in [6, 6.07) is 14.1. The van der Waals surface area contributed by atoms with Crippen LogP contribution in [0.5, 0.6) is 0 Å². The lowest BCUT2D eigenvalue weighted by Gasteiger charge is -2.19. The number of nitrogens with zero attached hydrogens (tertiary/aromatic N) is 1. The molecule has 0 aliphatic carbocycles. The molecule has 0 fully saturated rings. The fraction of sp³-hybridized carbons (Fsp3) is 0.389. The van der Waals surface area contributed by atoms with Crippen molar-refractivity contribution in [3.63, 3.8) is 0 Å². The van der Waals surface area contributed by atoms with E-state index in [-0.39, 0.29) is 11.9 Å². The van der Waals surface area contributed by atoms with Crippen molar-refractivity contribution in [3.05, 3.63) is 48.0 Å². The number of aliphatic hydroxyl groups excluding tert-OH is 1. The summed E-state index contributed by atoms with van der Waals surface area (Å²) in [4.78, 5) is 13.2. The third kappa shape index (κ3) is 4.29. The fourth-order valence-electron chi connectivity index (χ4n) is 2.36. The van der Waals surface area contributed by atoms with Crippen LogP contribution < -0.4 is 5.32 Å². The number of carbonyl (C=O) groups excluding carboxylic acids is 1. The first kappa shape index (κ1) is 16.5. The number of amides is 1. The Hall–Kier alpha value is -1.91. The van der Waals surface area contributed by atoms with E-state index in [9.17, 15) is 9.90 Å². The molecule has 0 radical (unpaired) electrons. The van der Waals surface area contributed by atoms with Crippen molar-refractivity contribution >= 4 is 16.7 Å². The number of hydrogen-bond donors (Lipinski definition) is 2. The zero-order chi connectivity index (χ0) is 16.1. The first-order chi connectivity index (χ1) is 10.5. The Morgan fingerprint density at radius 3 is 2.55 bits per heavy atom. The molecule has 2 aromatic carbocycles. The molecule has 22 heavy (non-hydrogen) atoms. The van der Waals surface area contributed by atoms with E-state index in [1.807, 2.05) is 43.3 Å². The number of nitrogens with one attached hydrogen (secondary N) is 1. The molecule has 4 nitrogen and oxygen atoms in total. The van der Waals surface area contributed by atoms with Crippen LogP contribution in [0.3, 0.4) is 0 Å². The molecule has 2 aromatic rings. The van der Waals surface area contributed by atoms with Gasteiger partial charge in [0.25, 0.3) is 0 Å². The molecular weight excluding hydrogens is 276 g/mol. The third-order valence-electron chi connectivity index (χ3n) is 3.80. The predicted molar refractivity (Wildman–Crippen MR) is 89.7 cm³/mol. The van der Waals surface area contributed by atoms with Gasteiger partial charge in [-0.05, 0) is 29.3 Å². The first-order valence-electron chi connectivity index (χ1n) is 7.57. The summed E-state index contributed by atoms with van der Waals surface area (Å²) in [5, 5.41) is 15.8. The van der Waals surface area contributed by atoms with E-state index in [0.717, 1.165) is 16.3 Å². The molecule has 0 spiro atoms. The third-order valence-corrected chi connectivity index (χ3v) is 3.80. The van der Waals surface area contributed by atoms with Gasteiger partial charge >= 0.3 is 0 Å². The summed E-state index contributed by atoms with van der Waals surface area (Å²) in [6.07, 6.45) is -0.154. The van der Waals surface area contributed by atoms with Gasteiger partial charge in [0, 0.05) is 33.1 Å². The average Bonchev–Trinajstić information content (AvgIpc) is 2.52. The number of rotatable bonds is 6. The molecule has 0 heterocycles. The monoisotopic (exact) mass is 300 g/mol. The van der Waals surface area contributed by atoms with E-state index in [0.29, 0.717) is 13.0 Å². The normalized spacial score (nSPS) is 13.8. The van der Waals surface area contributed by atoms with Crippen LogP contribution in [-0.2, 0) is 4.79 Å². The fourth-order valence-corrected chi connectivity index (χ4v) is 2.36. The van der Waals surface area contributed by atoms with E-state index >= 15 is 0 Å². The molecule has 0 aromatic heterocycles. The molecule has 118 valence electrons. The van der Waals surface area contributed by atoms with Gasteiger partial charge in [-0.3, -0.25) is 4.79 Å². The van der Waals surface area contributed by atoms with Crippen LogP contribution in [0, 0.1) is 0 Å². The molecule has 2 unspecified atom stereocenters. The summed E-state index contributed by atoms with van der Waals surface area (Å²) in [5.74, 6) is 0.0835. The Labute approximate surface area is 131 Å². The largest absolute Gasteiger partial charge is 0.387 e. The molecule has 2 rings (SSSR count). The lowest BCUT2D eigenvalue weighted by atomic mass is 10.0. The molecule has 1 amide bonds. The molecule has 4 heteroatoms. The highest BCUT2D eigenvalue weighted by molar-refractivity contribution is 5.83. The molecule has 0 saturated heterocycles. The summed E-state index contributed by atoms with van der Waals surface area (Å²) in [7, 11) is 3.50. The van der Waals surface area contributed by atoms with Crippen LogP contribution in [0.15, 0.2) is 42.5 Å². The minimum Gasteiger partial charge on any atom is -0.387 e. The number of carbonyl (C=O) groups is 1. The molecule has 0 bridgehead atoms. The van der Waals surface area contributed by atoms with Gasteiger partial charge in [-0.1, -0.05) is 36.4 Å². The molecular formula is C18H24N2O2. The Balaban J connectivity index is 1.93. The Morgan fingerprint density at radius 1 is 1.18 bits per heavy atom. The molecule has 2 N–H and O–H groups in total. The standard InChI is InChI=1S/C18H24N2O2/c1-13(10-18(22)20(2)3)19-12-17(21)16-9-8-14-6-4-5-7-15(14)11-16/h4-9,11,13,17,19,21H,10,12H2,1-3H3. The second-order valence-corrected chi connectivity index (χ2v) is 5.92. The van der Waals surface area contributed by atoms with Gasteiger partial charge in [-0.2, -0.15) is 0 Å². The summed E-state index contributed by atoms with van der Waals surface area (Å²) >= 11 is 0. The lowest BCUT2D eigenvalue weighted by molar-refractivity contribution is -0.129. The lowest BCUT2D eigenvalue weighted by Crippen LogP contribution is -2.35. The number of benzene rings is 2. The van der Waals surface area contributed by atoms with Crippen molar-refractivity contribution in [1.82, 2.24) is 10.2 Å². The highest BCUT2D eigenvalue weighted by Crippen LogP contribution is 2.20. The first-order valence-corrected chi connectivity index (χ1v) is 7.57. The van der Waals surface area contributed by atoms with Crippen LogP contribution in [0.4, 0.5) is 0 Å². The molecule has 0 saturated carbocycles. The van der Waals surface area contributed by atoms with Gasteiger partial charge in [0.05, 0.1) is 6.10 Å². The van der Waals surface area contributed by atoms with Gasteiger partial charge in [0.2, 0.25) is 5.91 Å². The van der Waals surface area contributed by atoms with E-state index in [1.165, 1.54) is 0 Å². The van der Waals surface area contributed by atoms with E-state index < -0.39 is 6.10 Å².